The van der Waals surface area contributed by atoms with Gasteiger partial charge in [-0.1, -0.05) is 51.5 Å². The molecule has 100 valence electrons. The molecule has 0 spiro atoms. The highest BCUT2D eigenvalue weighted by molar-refractivity contribution is 5.24. The van der Waals surface area contributed by atoms with Crippen LogP contribution in [0, 0.1) is 0 Å². The largest absolute Gasteiger partial charge is 0.261 e. The second-order valence-corrected chi connectivity index (χ2v) is 5.68. The van der Waals surface area contributed by atoms with Gasteiger partial charge in [0.2, 0.25) is 0 Å². The number of rotatable bonds is 2. The summed E-state index contributed by atoms with van der Waals surface area (Å²) in [7, 11) is 0. The van der Waals surface area contributed by atoms with Crippen LogP contribution >= 0.6 is 0 Å². The highest BCUT2D eigenvalue weighted by Crippen LogP contribution is 2.30. The molecular formula is C17H27N. The molecule has 0 amide bonds. The van der Waals surface area contributed by atoms with Gasteiger partial charge in [0.05, 0.1) is 0 Å². The summed E-state index contributed by atoms with van der Waals surface area (Å²) in [4.78, 5) is 4.66. The Balaban J connectivity index is 2.17. The summed E-state index contributed by atoms with van der Waals surface area (Å²) in [6, 6.07) is 4.46. The van der Waals surface area contributed by atoms with Gasteiger partial charge in [-0.3, -0.25) is 4.98 Å². The molecule has 1 atom stereocenters. The number of aryl methyl sites for hydroxylation is 1. The number of pyridine rings is 1. The molecule has 0 fully saturated rings. The predicted molar refractivity (Wildman–Crippen MR) is 77.9 cm³/mol. The van der Waals surface area contributed by atoms with Crippen LogP contribution in [-0.4, -0.2) is 4.98 Å². The van der Waals surface area contributed by atoms with E-state index < -0.39 is 0 Å². The Morgan fingerprint density at radius 2 is 1.89 bits per heavy atom. The van der Waals surface area contributed by atoms with Gasteiger partial charge in [-0.15, -0.1) is 0 Å². The van der Waals surface area contributed by atoms with Gasteiger partial charge in [0.15, 0.2) is 0 Å². The highest BCUT2D eigenvalue weighted by Gasteiger charge is 2.15. The third kappa shape index (κ3) is 3.83. The van der Waals surface area contributed by atoms with E-state index in [9.17, 15) is 0 Å². The van der Waals surface area contributed by atoms with Crippen LogP contribution in [0.5, 0.6) is 0 Å². The Kier molecular flexibility index (Phi) is 5.70. The fourth-order valence-corrected chi connectivity index (χ4v) is 3.23. The van der Waals surface area contributed by atoms with Gasteiger partial charge in [-0.2, -0.15) is 0 Å². The van der Waals surface area contributed by atoms with Crippen LogP contribution in [0.15, 0.2) is 18.3 Å². The van der Waals surface area contributed by atoms with E-state index in [4.69, 9.17) is 0 Å². The average molecular weight is 245 g/mol. The van der Waals surface area contributed by atoms with Crippen molar-refractivity contribution < 1.29 is 0 Å². The van der Waals surface area contributed by atoms with E-state index in [1.807, 2.05) is 6.20 Å². The number of hydrogen-bond acceptors (Lipinski definition) is 1. The van der Waals surface area contributed by atoms with Crippen molar-refractivity contribution in [3.63, 3.8) is 0 Å². The van der Waals surface area contributed by atoms with E-state index in [1.54, 1.807) is 5.56 Å². The lowest BCUT2D eigenvalue weighted by Gasteiger charge is -2.19. The lowest BCUT2D eigenvalue weighted by atomic mass is 9.88. The van der Waals surface area contributed by atoms with Gasteiger partial charge in [-0.05, 0) is 43.2 Å². The summed E-state index contributed by atoms with van der Waals surface area (Å²) in [5.41, 5.74) is 2.94. The third-order valence-corrected chi connectivity index (χ3v) is 4.22. The van der Waals surface area contributed by atoms with Crippen LogP contribution in [0.1, 0.15) is 81.9 Å². The first kappa shape index (κ1) is 13.6. The summed E-state index contributed by atoms with van der Waals surface area (Å²) in [5, 5.41) is 0. The first-order valence-corrected chi connectivity index (χ1v) is 7.85. The molecule has 1 nitrogen and oxygen atoms in total. The molecule has 1 aromatic heterocycles. The zero-order valence-electron chi connectivity index (χ0n) is 11.8. The molecule has 1 heterocycles. The lowest BCUT2D eigenvalue weighted by molar-refractivity contribution is 0.515. The molecule has 0 aliphatic heterocycles. The zero-order valence-corrected chi connectivity index (χ0v) is 11.8. The van der Waals surface area contributed by atoms with Crippen molar-refractivity contribution in [3.05, 3.63) is 29.6 Å². The van der Waals surface area contributed by atoms with Crippen LogP contribution in [0.25, 0.3) is 0 Å². The minimum absolute atomic E-state index is 0.761. The lowest BCUT2D eigenvalue weighted by Crippen LogP contribution is -2.05. The van der Waals surface area contributed by atoms with Gasteiger partial charge < -0.3 is 0 Å². The summed E-state index contributed by atoms with van der Waals surface area (Å²) in [5.74, 6) is 0.761. The molecule has 2 rings (SSSR count). The second kappa shape index (κ2) is 7.56. The van der Waals surface area contributed by atoms with Crippen molar-refractivity contribution in [2.75, 3.05) is 0 Å². The SMILES string of the molecule is CCCC1CCCCCCCCc2ncccc21. The van der Waals surface area contributed by atoms with Crippen LogP contribution in [0.2, 0.25) is 0 Å². The Labute approximate surface area is 112 Å². The third-order valence-electron chi connectivity index (χ3n) is 4.22. The van der Waals surface area contributed by atoms with E-state index in [2.05, 4.69) is 24.0 Å². The Hall–Kier alpha value is -0.850. The average Bonchev–Trinajstić information content (AvgIpc) is 2.44. The van der Waals surface area contributed by atoms with Crippen molar-refractivity contribution in [1.82, 2.24) is 4.98 Å². The van der Waals surface area contributed by atoms with E-state index in [0.29, 0.717) is 0 Å². The fourth-order valence-electron chi connectivity index (χ4n) is 3.23. The topological polar surface area (TPSA) is 12.9 Å². The van der Waals surface area contributed by atoms with Crippen LogP contribution < -0.4 is 0 Å². The molecule has 0 radical (unpaired) electrons. The molecule has 0 aromatic carbocycles. The molecule has 1 aliphatic carbocycles. The van der Waals surface area contributed by atoms with Crippen LogP contribution in [0.3, 0.4) is 0 Å². The van der Waals surface area contributed by atoms with Crippen LogP contribution in [-0.2, 0) is 6.42 Å². The van der Waals surface area contributed by atoms with Crippen molar-refractivity contribution >= 4 is 0 Å². The summed E-state index contributed by atoms with van der Waals surface area (Å²) >= 11 is 0. The standard InChI is InChI=1S/C17H27N/c1-2-10-15-11-7-5-3-4-6-8-13-17-16(15)12-9-14-18-17/h9,12,14-15H,2-8,10-11,13H2,1H3. The number of hydrogen-bond donors (Lipinski definition) is 0. The molecule has 0 N–H and O–H groups in total. The maximum atomic E-state index is 4.66. The van der Waals surface area contributed by atoms with Gasteiger partial charge in [-0.25, -0.2) is 0 Å². The number of nitrogens with zero attached hydrogens (tertiary/aromatic N) is 1. The Bertz CT molecular complexity index is 345. The number of aromatic nitrogens is 1. The minimum Gasteiger partial charge on any atom is -0.261 e. The fraction of sp³-hybridized carbons (Fsp3) is 0.706. The quantitative estimate of drug-likeness (QED) is 0.693. The number of fused-ring (bicyclic) bond motifs is 1. The monoisotopic (exact) mass is 245 g/mol. The van der Waals surface area contributed by atoms with Gasteiger partial charge in [0, 0.05) is 11.9 Å². The summed E-state index contributed by atoms with van der Waals surface area (Å²) in [6.07, 6.45) is 15.5. The van der Waals surface area contributed by atoms with Crippen LogP contribution in [0.4, 0.5) is 0 Å². The van der Waals surface area contributed by atoms with Crippen molar-refractivity contribution in [1.29, 1.82) is 0 Å². The molecule has 1 unspecified atom stereocenters. The second-order valence-electron chi connectivity index (χ2n) is 5.68. The summed E-state index contributed by atoms with van der Waals surface area (Å²) < 4.78 is 0. The van der Waals surface area contributed by atoms with Gasteiger partial charge in [0.1, 0.15) is 0 Å². The van der Waals surface area contributed by atoms with E-state index >= 15 is 0 Å². The molecule has 1 aromatic rings. The van der Waals surface area contributed by atoms with Gasteiger partial charge in [0.25, 0.3) is 0 Å². The molecule has 1 heteroatoms. The molecule has 0 saturated heterocycles. The van der Waals surface area contributed by atoms with Crippen molar-refractivity contribution in [2.24, 2.45) is 0 Å². The molecular weight excluding hydrogens is 218 g/mol. The zero-order chi connectivity index (χ0) is 12.6. The molecule has 0 bridgehead atoms. The molecule has 0 saturated carbocycles. The molecule has 1 aliphatic rings. The first-order valence-electron chi connectivity index (χ1n) is 7.85. The predicted octanol–water partition coefficient (Wildman–Crippen LogP) is 5.25. The summed E-state index contributed by atoms with van der Waals surface area (Å²) in [6.45, 7) is 2.31. The maximum Gasteiger partial charge on any atom is 0.0438 e. The van der Waals surface area contributed by atoms with E-state index in [-0.39, 0.29) is 0 Å². The normalized spacial score (nSPS) is 21.9. The van der Waals surface area contributed by atoms with Gasteiger partial charge >= 0.3 is 0 Å². The van der Waals surface area contributed by atoms with Crippen molar-refractivity contribution in [3.8, 4) is 0 Å². The maximum absolute atomic E-state index is 4.66. The smallest absolute Gasteiger partial charge is 0.0438 e. The van der Waals surface area contributed by atoms with E-state index in [1.165, 1.54) is 69.9 Å². The van der Waals surface area contributed by atoms with E-state index in [0.717, 1.165) is 5.92 Å². The first-order chi connectivity index (χ1) is 8.92. The minimum atomic E-state index is 0.761. The highest BCUT2D eigenvalue weighted by atomic mass is 14.7. The molecule has 18 heavy (non-hydrogen) atoms. The van der Waals surface area contributed by atoms with Crippen molar-refractivity contribution in [2.45, 2.75) is 77.0 Å². The Morgan fingerprint density at radius 3 is 2.72 bits per heavy atom. The Morgan fingerprint density at radius 1 is 1.11 bits per heavy atom.